The van der Waals surface area contributed by atoms with E-state index in [1.54, 1.807) is 0 Å². The Balaban J connectivity index is 1.35. The molecule has 37 heavy (non-hydrogen) atoms. The van der Waals surface area contributed by atoms with E-state index in [4.69, 9.17) is 0 Å². The molecule has 0 unspecified atom stereocenters. The number of hydrogen-bond donors (Lipinski definition) is 0. The fraction of sp³-hybridized carbons (Fsp3) is 0. The first-order chi connectivity index (χ1) is 18.3. The van der Waals surface area contributed by atoms with E-state index < -0.39 is 0 Å². The Bertz CT molecular complexity index is 2100. The van der Waals surface area contributed by atoms with Gasteiger partial charge in [0.1, 0.15) is 0 Å². The molecular weight excluding hydrogens is 464 g/mol. The third kappa shape index (κ3) is 3.15. The molecule has 0 N–H and O–H groups in total. The van der Waals surface area contributed by atoms with Gasteiger partial charge in [0, 0.05) is 20.2 Å². The van der Waals surface area contributed by atoms with E-state index >= 15 is 0 Å². The molecule has 8 rings (SSSR count). The first-order valence-electron chi connectivity index (χ1n) is 12.7. The maximum absolute atomic E-state index is 2.38. The lowest BCUT2D eigenvalue weighted by molar-refractivity contribution is 1.67. The molecular formula is C36H22S. The zero-order valence-corrected chi connectivity index (χ0v) is 20.9. The van der Waals surface area contributed by atoms with Gasteiger partial charge in [-0.05, 0) is 66.7 Å². The van der Waals surface area contributed by atoms with Crippen molar-refractivity contribution < 1.29 is 0 Å². The molecule has 1 aromatic heterocycles. The standard InChI is InChI=1S/C36H22S/c1-2-9-23(10-3-1)26-15-8-16-33-32-20-18-25(22-35(32)37-36(26)33)24-17-19-31-29-13-5-4-11-27(29)28-12-6-7-14-30(28)34(31)21-24/h1-22H. The van der Waals surface area contributed by atoms with Crippen LogP contribution in [-0.4, -0.2) is 0 Å². The van der Waals surface area contributed by atoms with Crippen molar-refractivity contribution in [2.24, 2.45) is 0 Å². The summed E-state index contributed by atoms with van der Waals surface area (Å²) < 4.78 is 2.69. The molecule has 0 radical (unpaired) electrons. The molecule has 172 valence electrons. The Kier molecular flexibility index (Phi) is 4.49. The van der Waals surface area contributed by atoms with Gasteiger partial charge in [-0.1, -0.05) is 121 Å². The van der Waals surface area contributed by atoms with Crippen LogP contribution in [0.4, 0.5) is 0 Å². The average molecular weight is 487 g/mol. The number of benzene rings is 7. The Morgan fingerprint density at radius 3 is 1.57 bits per heavy atom. The number of thiophene rings is 1. The summed E-state index contributed by atoms with van der Waals surface area (Å²) in [6.07, 6.45) is 0. The summed E-state index contributed by atoms with van der Waals surface area (Å²) in [6, 6.07) is 48.9. The molecule has 7 aromatic carbocycles. The van der Waals surface area contributed by atoms with Crippen LogP contribution in [0.1, 0.15) is 0 Å². The second-order valence-corrected chi connectivity index (χ2v) is 10.8. The van der Waals surface area contributed by atoms with Crippen molar-refractivity contribution in [3.8, 4) is 22.3 Å². The van der Waals surface area contributed by atoms with E-state index in [-0.39, 0.29) is 0 Å². The van der Waals surface area contributed by atoms with Crippen LogP contribution in [-0.2, 0) is 0 Å². The number of rotatable bonds is 2. The quantitative estimate of drug-likeness (QED) is 0.213. The Morgan fingerprint density at radius 2 is 0.865 bits per heavy atom. The highest BCUT2D eigenvalue weighted by molar-refractivity contribution is 7.26. The SMILES string of the molecule is c1ccc(-c2cccc3c2sc2cc(-c4ccc5c6ccccc6c6ccccc6c5c4)ccc23)cc1. The van der Waals surface area contributed by atoms with Crippen molar-refractivity contribution >= 4 is 63.8 Å². The number of fused-ring (bicyclic) bond motifs is 9. The lowest BCUT2D eigenvalue weighted by atomic mass is 9.92. The monoisotopic (exact) mass is 486 g/mol. The van der Waals surface area contributed by atoms with Crippen molar-refractivity contribution in [1.82, 2.24) is 0 Å². The molecule has 0 aliphatic rings. The van der Waals surface area contributed by atoms with Gasteiger partial charge >= 0.3 is 0 Å². The van der Waals surface area contributed by atoms with Crippen molar-refractivity contribution in [1.29, 1.82) is 0 Å². The zero-order valence-electron chi connectivity index (χ0n) is 20.1. The normalized spacial score (nSPS) is 11.8. The molecule has 0 fully saturated rings. The fourth-order valence-electron chi connectivity index (χ4n) is 5.91. The highest BCUT2D eigenvalue weighted by Crippen LogP contribution is 2.42. The van der Waals surface area contributed by atoms with Crippen LogP contribution < -0.4 is 0 Å². The zero-order chi connectivity index (χ0) is 24.3. The smallest absolute Gasteiger partial charge is 0.0433 e. The second-order valence-electron chi connectivity index (χ2n) is 9.71. The third-order valence-corrected chi connectivity index (χ3v) is 8.86. The molecule has 0 amide bonds. The largest absolute Gasteiger partial charge is 0.135 e. The van der Waals surface area contributed by atoms with Crippen molar-refractivity contribution in [3.63, 3.8) is 0 Å². The summed E-state index contributed by atoms with van der Waals surface area (Å²) in [6.45, 7) is 0. The van der Waals surface area contributed by atoms with Crippen LogP contribution in [0, 0.1) is 0 Å². The van der Waals surface area contributed by atoms with Crippen LogP contribution in [0.3, 0.4) is 0 Å². The highest BCUT2D eigenvalue weighted by atomic mass is 32.1. The van der Waals surface area contributed by atoms with Gasteiger partial charge < -0.3 is 0 Å². The predicted molar refractivity (Wildman–Crippen MR) is 163 cm³/mol. The van der Waals surface area contributed by atoms with Gasteiger partial charge in [0.05, 0.1) is 0 Å². The van der Waals surface area contributed by atoms with Crippen LogP contribution in [0.2, 0.25) is 0 Å². The highest BCUT2D eigenvalue weighted by Gasteiger charge is 2.13. The van der Waals surface area contributed by atoms with Crippen LogP contribution >= 0.6 is 11.3 Å². The van der Waals surface area contributed by atoms with Crippen LogP contribution in [0.25, 0.3) is 74.7 Å². The van der Waals surface area contributed by atoms with Gasteiger partial charge in [-0.2, -0.15) is 0 Å². The van der Waals surface area contributed by atoms with Gasteiger partial charge in [0.15, 0.2) is 0 Å². The molecule has 0 atom stereocenters. The maximum atomic E-state index is 2.38. The molecule has 0 nitrogen and oxygen atoms in total. The van der Waals surface area contributed by atoms with E-state index in [9.17, 15) is 0 Å². The van der Waals surface area contributed by atoms with E-state index in [1.165, 1.54) is 74.7 Å². The molecule has 0 saturated carbocycles. The summed E-state index contributed by atoms with van der Waals surface area (Å²) in [5.74, 6) is 0. The molecule has 0 aliphatic heterocycles. The average Bonchev–Trinajstić information content (AvgIpc) is 3.36. The minimum atomic E-state index is 1.26. The van der Waals surface area contributed by atoms with Gasteiger partial charge in [0.2, 0.25) is 0 Å². The molecule has 1 heteroatoms. The van der Waals surface area contributed by atoms with Gasteiger partial charge in [-0.15, -0.1) is 11.3 Å². The fourth-order valence-corrected chi connectivity index (χ4v) is 7.19. The summed E-state index contributed by atoms with van der Waals surface area (Å²) in [4.78, 5) is 0. The Hall–Kier alpha value is -4.46. The second kappa shape index (κ2) is 8.03. The lowest BCUT2D eigenvalue weighted by Crippen LogP contribution is -1.85. The van der Waals surface area contributed by atoms with Crippen molar-refractivity contribution in [3.05, 3.63) is 133 Å². The van der Waals surface area contributed by atoms with E-state index in [1.807, 2.05) is 11.3 Å². The van der Waals surface area contributed by atoms with Crippen molar-refractivity contribution in [2.45, 2.75) is 0 Å². The van der Waals surface area contributed by atoms with Crippen molar-refractivity contribution in [2.75, 3.05) is 0 Å². The van der Waals surface area contributed by atoms with E-state index in [2.05, 4.69) is 133 Å². The van der Waals surface area contributed by atoms with E-state index in [0.717, 1.165) is 0 Å². The minimum absolute atomic E-state index is 1.26. The maximum Gasteiger partial charge on any atom is 0.0433 e. The van der Waals surface area contributed by atoms with E-state index in [0.29, 0.717) is 0 Å². The van der Waals surface area contributed by atoms with Gasteiger partial charge in [0.25, 0.3) is 0 Å². The van der Waals surface area contributed by atoms with Crippen LogP contribution in [0.5, 0.6) is 0 Å². The first-order valence-corrected chi connectivity index (χ1v) is 13.5. The Labute approximate surface area is 219 Å². The molecule has 0 spiro atoms. The molecule has 0 saturated heterocycles. The summed E-state index contributed by atoms with van der Waals surface area (Å²) in [5, 5.41) is 10.6. The molecule has 0 aliphatic carbocycles. The third-order valence-electron chi connectivity index (χ3n) is 7.66. The van der Waals surface area contributed by atoms with Gasteiger partial charge in [-0.25, -0.2) is 0 Å². The lowest BCUT2D eigenvalue weighted by Gasteiger charge is -2.12. The molecule has 1 heterocycles. The van der Waals surface area contributed by atoms with Crippen LogP contribution in [0.15, 0.2) is 133 Å². The molecule has 0 bridgehead atoms. The molecule has 8 aromatic rings. The summed E-state index contributed by atoms with van der Waals surface area (Å²) in [5.41, 5.74) is 5.11. The summed E-state index contributed by atoms with van der Waals surface area (Å²) >= 11 is 1.90. The topological polar surface area (TPSA) is 0 Å². The first kappa shape index (κ1) is 20.7. The number of hydrogen-bond acceptors (Lipinski definition) is 1. The Morgan fingerprint density at radius 1 is 0.324 bits per heavy atom. The summed E-state index contributed by atoms with van der Waals surface area (Å²) in [7, 11) is 0. The predicted octanol–water partition coefficient (Wildman–Crippen LogP) is 10.8. The minimum Gasteiger partial charge on any atom is -0.135 e. The van der Waals surface area contributed by atoms with Gasteiger partial charge in [-0.3, -0.25) is 0 Å².